The number of thiophene rings is 1. The largest absolute Gasteiger partial charge is 0.351 e. The molecule has 0 unspecified atom stereocenters. The number of carbonyl (C=O) groups excluding carboxylic acids is 4. The number of carbonyl (C=O) groups is 4. The smallest absolute Gasteiger partial charge is 0.319 e. The lowest BCUT2D eigenvalue weighted by atomic mass is 10.0. The number of sulfonamides is 1. The Morgan fingerprint density at radius 3 is 2.19 bits per heavy atom. The first-order valence-corrected chi connectivity index (χ1v) is 14.3. The fourth-order valence-corrected chi connectivity index (χ4v) is 7.33. The molecule has 2 aromatic rings. The zero-order valence-corrected chi connectivity index (χ0v) is 22.0. The minimum absolute atomic E-state index is 0.108. The van der Waals surface area contributed by atoms with Gasteiger partial charge in [0.15, 0.2) is 0 Å². The number of nitrogens with one attached hydrogen (secondary N) is 2. The predicted octanol–water partition coefficient (Wildman–Crippen LogP) is 2.28. The highest BCUT2D eigenvalue weighted by atomic mass is 32.2. The van der Waals surface area contributed by atoms with Crippen molar-refractivity contribution >= 4 is 50.1 Å². The van der Waals surface area contributed by atoms with Crippen molar-refractivity contribution in [3.05, 3.63) is 45.8 Å². The zero-order valence-electron chi connectivity index (χ0n) is 20.4. The number of imide groups is 1. The summed E-state index contributed by atoms with van der Waals surface area (Å²) in [5.74, 6) is -1.40. The van der Waals surface area contributed by atoms with Crippen LogP contribution in [0.3, 0.4) is 0 Å². The van der Waals surface area contributed by atoms with Gasteiger partial charge in [0, 0.05) is 37.0 Å². The van der Waals surface area contributed by atoms with Gasteiger partial charge < -0.3 is 16.0 Å². The summed E-state index contributed by atoms with van der Waals surface area (Å²) in [6, 6.07) is 4.63. The van der Waals surface area contributed by atoms with Crippen LogP contribution in [0.4, 0.5) is 9.80 Å². The van der Waals surface area contributed by atoms with E-state index in [4.69, 9.17) is 5.73 Å². The molecule has 0 spiro atoms. The molecule has 2 aliphatic heterocycles. The van der Waals surface area contributed by atoms with Crippen LogP contribution in [0.1, 0.15) is 63.8 Å². The van der Waals surface area contributed by atoms with Gasteiger partial charge in [-0.3, -0.25) is 19.7 Å². The molecule has 0 aliphatic carbocycles. The molecule has 0 bridgehead atoms. The molecule has 1 aromatic heterocycles. The Morgan fingerprint density at radius 1 is 0.946 bits per heavy atom. The maximum absolute atomic E-state index is 13.1. The number of fused-ring (bicyclic) bond motifs is 1. The van der Waals surface area contributed by atoms with E-state index < -0.39 is 27.9 Å². The van der Waals surface area contributed by atoms with Crippen LogP contribution in [0.2, 0.25) is 0 Å². The summed E-state index contributed by atoms with van der Waals surface area (Å²) < 4.78 is 27.5. The van der Waals surface area contributed by atoms with Gasteiger partial charge in [-0.2, -0.15) is 4.31 Å². The Kier molecular flexibility index (Phi) is 7.95. The molecule has 3 heterocycles. The number of primary amides is 1. The Balaban J connectivity index is 1.57. The lowest BCUT2D eigenvalue weighted by Gasteiger charge is -2.25. The highest BCUT2D eigenvalue weighted by molar-refractivity contribution is 7.89. The number of amides is 5. The number of rotatable bonds is 5. The molecule has 1 saturated heterocycles. The molecule has 13 heteroatoms. The molecule has 11 nitrogen and oxygen atoms in total. The molecule has 198 valence electrons. The number of nitrogens with two attached hydrogens (primary N) is 1. The van der Waals surface area contributed by atoms with E-state index in [1.807, 2.05) is 5.32 Å². The summed E-state index contributed by atoms with van der Waals surface area (Å²) in [6.45, 7) is 3.09. The molecule has 2 aliphatic rings. The maximum atomic E-state index is 13.1. The second kappa shape index (κ2) is 11.0. The monoisotopic (exact) mass is 547 g/mol. The van der Waals surface area contributed by atoms with E-state index in [-0.39, 0.29) is 33.5 Å². The van der Waals surface area contributed by atoms with Crippen molar-refractivity contribution in [3.8, 4) is 0 Å². The summed E-state index contributed by atoms with van der Waals surface area (Å²) in [5, 5.41) is 4.98. The van der Waals surface area contributed by atoms with E-state index in [2.05, 4.69) is 5.32 Å². The summed E-state index contributed by atoms with van der Waals surface area (Å²) in [5.41, 5.74) is 6.12. The lowest BCUT2D eigenvalue weighted by Crippen LogP contribution is -2.37. The summed E-state index contributed by atoms with van der Waals surface area (Å²) in [4.78, 5) is 51.4. The molecule has 4 rings (SSSR count). The first-order chi connectivity index (χ1) is 17.6. The zero-order chi connectivity index (χ0) is 26.7. The number of anilines is 1. The second-order valence-electron chi connectivity index (χ2n) is 9.01. The van der Waals surface area contributed by atoms with Crippen LogP contribution in [-0.2, 0) is 27.8 Å². The van der Waals surface area contributed by atoms with E-state index in [0.29, 0.717) is 31.6 Å². The van der Waals surface area contributed by atoms with E-state index in [1.165, 1.54) is 35.5 Å². The minimum atomic E-state index is -3.66. The van der Waals surface area contributed by atoms with E-state index in [1.54, 1.807) is 4.90 Å². The van der Waals surface area contributed by atoms with Crippen molar-refractivity contribution in [3.63, 3.8) is 0 Å². The molecule has 5 amide bonds. The first kappa shape index (κ1) is 26.8. The number of urea groups is 1. The quantitative estimate of drug-likeness (QED) is 0.521. The third-order valence-corrected chi connectivity index (χ3v) is 9.56. The van der Waals surface area contributed by atoms with E-state index in [9.17, 15) is 27.6 Å². The summed E-state index contributed by atoms with van der Waals surface area (Å²) >= 11 is 1.15. The molecular formula is C24H29N5O6S2. The van der Waals surface area contributed by atoms with E-state index in [0.717, 1.165) is 41.9 Å². The van der Waals surface area contributed by atoms with Crippen LogP contribution in [0.5, 0.6) is 0 Å². The SMILES string of the molecule is CC(=O)N1CCc2c(sc(NC(=O)c3ccc(S(=O)(=O)N4CCCCCC4)cc3)c2C(=O)NC(N)=O)C1. The van der Waals surface area contributed by atoms with Gasteiger partial charge in [0.2, 0.25) is 15.9 Å². The van der Waals surface area contributed by atoms with Crippen molar-refractivity contribution in [2.24, 2.45) is 5.73 Å². The van der Waals surface area contributed by atoms with Gasteiger partial charge in [0.05, 0.1) is 17.0 Å². The van der Waals surface area contributed by atoms with E-state index >= 15 is 0 Å². The van der Waals surface area contributed by atoms with Crippen LogP contribution in [0.15, 0.2) is 29.2 Å². The fourth-order valence-electron chi connectivity index (χ4n) is 4.56. The highest BCUT2D eigenvalue weighted by Gasteiger charge is 2.30. The highest BCUT2D eigenvalue weighted by Crippen LogP contribution is 2.37. The number of nitrogens with zero attached hydrogens (tertiary/aromatic N) is 2. The van der Waals surface area contributed by atoms with Gasteiger partial charge in [-0.15, -0.1) is 11.3 Å². The second-order valence-corrected chi connectivity index (χ2v) is 12.1. The molecular weight excluding hydrogens is 518 g/mol. The van der Waals surface area contributed by atoms with Gasteiger partial charge in [0.1, 0.15) is 5.00 Å². The predicted molar refractivity (Wildman–Crippen MR) is 138 cm³/mol. The molecule has 0 atom stereocenters. The molecule has 1 fully saturated rings. The van der Waals surface area contributed by atoms with Gasteiger partial charge in [-0.05, 0) is 49.1 Å². The lowest BCUT2D eigenvalue weighted by molar-refractivity contribution is -0.129. The van der Waals surface area contributed by atoms with Crippen LogP contribution >= 0.6 is 11.3 Å². The minimum Gasteiger partial charge on any atom is -0.351 e. The molecule has 4 N–H and O–H groups in total. The molecule has 37 heavy (non-hydrogen) atoms. The van der Waals surface area contributed by atoms with Crippen molar-refractivity contribution in [2.75, 3.05) is 25.0 Å². The first-order valence-electron chi connectivity index (χ1n) is 12.0. The fraction of sp³-hybridized carbons (Fsp3) is 0.417. The molecule has 1 aromatic carbocycles. The van der Waals surface area contributed by atoms with Crippen LogP contribution < -0.4 is 16.4 Å². The topological polar surface area (TPSA) is 159 Å². The van der Waals surface area contributed by atoms with Gasteiger partial charge >= 0.3 is 6.03 Å². The summed E-state index contributed by atoms with van der Waals surface area (Å²) in [6.07, 6.45) is 4.03. The van der Waals surface area contributed by atoms with Crippen molar-refractivity contribution in [2.45, 2.75) is 50.5 Å². The van der Waals surface area contributed by atoms with Crippen LogP contribution in [-0.4, -0.2) is 61.0 Å². The van der Waals surface area contributed by atoms with Crippen LogP contribution in [0.25, 0.3) is 0 Å². The third-order valence-electron chi connectivity index (χ3n) is 6.51. The van der Waals surface area contributed by atoms with Crippen molar-refractivity contribution in [1.82, 2.24) is 14.5 Å². The number of hydrogen-bond acceptors (Lipinski definition) is 7. The molecule has 0 saturated carbocycles. The Labute approximate surface area is 219 Å². The van der Waals surface area contributed by atoms with Crippen molar-refractivity contribution < 1.29 is 27.6 Å². The van der Waals surface area contributed by atoms with Crippen LogP contribution in [0, 0.1) is 0 Å². The average molecular weight is 548 g/mol. The molecule has 0 radical (unpaired) electrons. The Bertz CT molecular complexity index is 1330. The normalized spacial score (nSPS) is 16.4. The third kappa shape index (κ3) is 5.84. The Morgan fingerprint density at radius 2 is 1.59 bits per heavy atom. The van der Waals surface area contributed by atoms with Gasteiger partial charge in [0.25, 0.3) is 11.8 Å². The maximum Gasteiger partial charge on any atom is 0.319 e. The van der Waals surface area contributed by atoms with Crippen molar-refractivity contribution in [1.29, 1.82) is 0 Å². The number of hydrogen-bond donors (Lipinski definition) is 3. The van der Waals surface area contributed by atoms with Gasteiger partial charge in [-0.1, -0.05) is 12.8 Å². The standard InChI is InChI=1S/C24H29N5O6S2/c1-15(30)28-13-10-18-19(14-28)36-23(20(18)22(32)27-24(25)33)26-21(31)16-6-8-17(9-7-16)37(34,35)29-11-4-2-3-5-12-29/h6-9H,2-5,10-14H2,1H3,(H,26,31)(H3,25,27,32,33). The van der Waals surface area contributed by atoms with Gasteiger partial charge in [-0.25, -0.2) is 13.2 Å². The Hall–Kier alpha value is -3.29. The number of benzene rings is 1. The summed E-state index contributed by atoms with van der Waals surface area (Å²) in [7, 11) is -3.66. The average Bonchev–Trinajstić information content (AvgIpc) is 3.00.